The van der Waals surface area contributed by atoms with Crippen molar-refractivity contribution in [2.75, 3.05) is 0 Å². The average molecular weight is 361 g/mol. The fraction of sp³-hybridized carbons (Fsp3) is 0.263. The molecule has 0 unspecified atom stereocenters. The summed E-state index contributed by atoms with van der Waals surface area (Å²) < 4.78 is 5.56. The monoisotopic (exact) mass is 360 g/mol. The van der Waals surface area contributed by atoms with E-state index in [9.17, 15) is 14.7 Å². The van der Waals surface area contributed by atoms with Crippen molar-refractivity contribution in [3.8, 4) is 5.75 Å². The van der Waals surface area contributed by atoms with Crippen LogP contribution in [0.3, 0.4) is 0 Å². The first-order chi connectivity index (χ1) is 11.9. The van der Waals surface area contributed by atoms with Gasteiger partial charge in [-0.2, -0.15) is 0 Å². The number of carboxylic acids is 1. The number of nitrogens with one attached hydrogen (secondary N) is 1. The van der Waals surface area contributed by atoms with Crippen molar-refractivity contribution in [2.45, 2.75) is 32.4 Å². The van der Waals surface area contributed by atoms with Crippen molar-refractivity contribution in [3.63, 3.8) is 0 Å². The lowest BCUT2D eigenvalue weighted by atomic mass is 10.0. The standard InChI is InChI=1S/C19H20ClNO4/c1-12(2)25-14-9-7-13(8-10-14)17(11-18(22)23)21-19(24)15-5-3-4-6-16(15)20/h3-10,12,17H,11H2,1-2H3,(H,21,24)(H,22,23)/p-1/t17-/m0/s1. The van der Waals surface area contributed by atoms with E-state index in [1.54, 1.807) is 48.5 Å². The topological polar surface area (TPSA) is 78.5 Å². The van der Waals surface area contributed by atoms with Crippen LogP contribution in [-0.2, 0) is 4.79 Å². The molecule has 0 radical (unpaired) electrons. The summed E-state index contributed by atoms with van der Waals surface area (Å²) in [6.45, 7) is 3.83. The van der Waals surface area contributed by atoms with E-state index in [2.05, 4.69) is 5.32 Å². The zero-order chi connectivity index (χ0) is 18.4. The van der Waals surface area contributed by atoms with E-state index in [0.717, 1.165) is 0 Å². The number of ether oxygens (including phenoxy) is 1. The Morgan fingerprint density at radius 3 is 2.32 bits per heavy atom. The predicted octanol–water partition coefficient (Wildman–Crippen LogP) is 2.74. The molecule has 1 atom stereocenters. The Morgan fingerprint density at radius 2 is 1.76 bits per heavy atom. The molecular weight excluding hydrogens is 342 g/mol. The van der Waals surface area contributed by atoms with Crippen LogP contribution in [0.4, 0.5) is 0 Å². The zero-order valence-corrected chi connectivity index (χ0v) is 14.7. The Balaban J connectivity index is 2.20. The summed E-state index contributed by atoms with van der Waals surface area (Å²) in [5.74, 6) is -1.03. The quantitative estimate of drug-likeness (QED) is 0.823. The fourth-order valence-electron chi connectivity index (χ4n) is 2.35. The number of carbonyl (C=O) groups excluding carboxylic acids is 2. The summed E-state index contributed by atoms with van der Waals surface area (Å²) in [6, 6.07) is 12.8. The normalized spacial score (nSPS) is 11.8. The van der Waals surface area contributed by atoms with Crippen LogP contribution in [0.5, 0.6) is 5.75 Å². The van der Waals surface area contributed by atoms with Gasteiger partial charge >= 0.3 is 0 Å². The second-order valence-corrected chi connectivity index (χ2v) is 6.22. The first-order valence-electron chi connectivity index (χ1n) is 7.88. The molecule has 5 nitrogen and oxygen atoms in total. The van der Waals surface area contributed by atoms with Crippen molar-refractivity contribution >= 4 is 23.5 Å². The van der Waals surface area contributed by atoms with Gasteiger partial charge in [0.25, 0.3) is 5.91 Å². The van der Waals surface area contributed by atoms with Crippen LogP contribution < -0.4 is 15.2 Å². The van der Waals surface area contributed by atoms with E-state index in [0.29, 0.717) is 16.3 Å². The molecular formula is C19H19ClNO4-. The lowest BCUT2D eigenvalue weighted by Gasteiger charge is -2.21. The second-order valence-electron chi connectivity index (χ2n) is 5.82. The molecule has 132 valence electrons. The van der Waals surface area contributed by atoms with Crippen LogP contribution in [-0.4, -0.2) is 18.0 Å². The summed E-state index contributed by atoms with van der Waals surface area (Å²) in [5, 5.41) is 14.1. The highest BCUT2D eigenvalue weighted by molar-refractivity contribution is 6.33. The Morgan fingerprint density at radius 1 is 1.12 bits per heavy atom. The number of hydrogen-bond donors (Lipinski definition) is 1. The van der Waals surface area contributed by atoms with Gasteiger partial charge in [0.15, 0.2) is 0 Å². The van der Waals surface area contributed by atoms with E-state index in [4.69, 9.17) is 16.3 Å². The third-order valence-electron chi connectivity index (χ3n) is 3.45. The molecule has 6 heteroatoms. The van der Waals surface area contributed by atoms with Crippen LogP contribution in [0.2, 0.25) is 5.02 Å². The van der Waals surface area contributed by atoms with E-state index in [-0.39, 0.29) is 18.1 Å². The highest BCUT2D eigenvalue weighted by Gasteiger charge is 2.18. The van der Waals surface area contributed by atoms with Gasteiger partial charge in [-0.25, -0.2) is 0 Å². The lowest BCUT2D eigenvalue weighted by molar-refractivity contribution is -0.306. The smallest absolute Gasteiger partial charge is 0.253 e. The maximum absolute atomic E-state index is 12.4. The Hall–Kier alpha value is -2.53. The van der Waals surface area contributed by atoms with Crippen LogP contribution in [0.1, 0.15) is 42.2 Å². The van der Waals surface area contributed by atoms with Crippen molar-refractivity contribution in [1.82, 2.24) is 5.32 Å². The number of aliphatic carboxylic acids is 1. The molecule has 0 saturated heterocycles. The Bertz CT molecular complexity index is 743. The molecule has 0 saturated carbocycles. The maximum Gasteiger partial charge on any atom is 0.253 e. The van der Waals surface area contributed by atoms with Crippen molar-refractivity contribution in [3.05, 3.63) is 64.7 Å². The van der Waals surface area contributed by atoms with Crippen molar-refractivity contribution in [1.29, 1.82) is 0 Å². The molecule has 2 rings (SSSR count). The van der Waals surface area contributed by atoms with Gasteiger partial charge in [-0.1, -0.05) is 35.9 Å². The number of carbonyl (C=O) groups is 2. The Kier molecular flexibility index (Phi) is 6.42. The van der Waals surface area contributed by atoms with Gasteiger partial charge in [-0.05, 0) is 43.7 Å². The highest BCUT2D eigenvalue weighted by Crippen LogP contribution is 2.23. The zero-order valence-electron chi connectivity index (χ0n) is 14.0. The highest BCUT2D eigenvalue weighted by atomic mass is 35.5. The van der Waals surface area contributed by atoms with E-state index < -0.39 is 17.9 Å². The molecule has 0 aliphatic rings. The number of hydrogen-bond acceptors (Lipinski definition) is 4. The largest absolute Gasteiger partial charge is 0.550 e. The number of halogens is 1. The van der Waals surface area contributed by atoms with Crippen LogP contribution in [0, 0.1) is 0 Å². The SMILES string of the molecule is CC(C)Oc1ccc([C@H](CC(=O)[O-])NC(=O)c2ccccc2Cl)cc1. The summed E-state index contributed by atoms with van der Waals surface area (Å²) >= 11 is 6.02. The molecule has 0 spiro atoms. The minimum Gasteiger partial charge on any atom is -0.550 e. The number of rotatable bonds is 7. The molecule has 2 aromatic carbocycles. The van der Waals surface area contributed by atoms with Gasteiger partial charge in [-0.15, -0.1) is 0 Å². The molecule has 0 aromatic heterocycles. The van der Waals surface area contributed by atoms with Crippen molar-refractivity contribution < 1.29 is 19.4 Å². The minimum absolute atomic E-state index is 0.0322. The molecule has 0 aliphatic carbocycles. The van der Waals surface area contributed by atoms with Gasteiger partial charge in [0.05, 0.1) is 22.7 Å². The lowest BCUT2D eigenvalue weighted by Crippen LogP contribution is -2.34. The summed E-state index contributed by atoms with van der Waals surface area (Å²) in [4.78, 5) is 23.5. The molecule has 0 fully saturated rings. The number of amides is 1. The fourth-order valence-corrected chi connectivity index (χ4v) is 2.57. The third-order valence-corrected chi connectivity index (χ3v) is 3.78. The summed E-state index contributed by atoms with van der Waals surface area (Å²) in [6.07, 6.45) is -0.314. The molecule has 0 aliphatic heterocycles. The minimum atomic E-state index is -1.26. The molecule has 25 heavy (non-hydrogen) atoms. The van der Waals surface area contributed by atoms with Crippen LogP contribution >= 0.6 is 11.6 Å². The molecule has 1 N–H and O–H groups in total. The first-order valence-corrected chi connectivity index (χ1v) is 8.26. The predicted molar refractivity (Wildman–Crippen MR) is 93.5 cm³/mol. The first kappa shape index (κ1) is 18.8. The molecule has 0 bridgehead atoms. The van der Waals surface area contributed by atoms with Crippen LogP contribution in [0.25, 0.3) is 0 Å². The molecule has 2 aromatic rings. The van der Waals surface area contributed by atoms with Crippen molar-refractivity contribution in [2.24, 2.45) is 0 Å². The Labute approximate surface area is 151 Å². The number of benzene rings is 2. The van der Waals surface area contributed by atoms with E-state index in [1.165, 1.54) is 0 Å². The average Bonchev–Trinajstić information content (AvgIpc) is 2.54. The van der Waals surface area contributed by atoms with Crippen LogP contribution in [0.15, 0.2) is 48.5 Å². The number of carboxylic acid groups (broad SMARTS) is 1. The van der Waals surface area contributed by atoms with Gasteiger partial charge in [-0.3, -0.25) is 4.79 Å². The molecule has 0 heterocycles. The summed E-state index contributed by atoms with van der Waals surface area (Å²) in [7, 11) is 0. The van der Waals surface area contributed by atoms with Gasteiger partial charge in [0, 0.05) is 12.4 Å². The molecule has 1 amide bonds. The van der Waals surface area contributed by atoms with Gasteiger partial charge < -0.3 is 20.0 Å². The van der Waals surface area contributed by atoms with E-state index >= 15 is 0 Å². The summed E-state index contributed by atoms with van der Waals surface area (Å²) in [5.41, 5.74) is 0.924. The third kappa shape index (κ3) is 5.50. The maximum atomic E-state index is 12.4. The second kappa shape index (κ2) is 8.53. The van der Waals surface area contributed by atoms with Gasteiger partial charge in [0.1, 0.15) is 5.75 Å². The van der Waals surface area contributed by atoms with E-state index in [1.807, 2.05) is 13.8 Å². The van der Waals surface area contributed by atoms with Gasteiger partial charge in [0.2, 0.25) is 0 Å².